The first-order valence-corrected chi connectivity index (χ1v) is 6.77. The zero-order chi connectivity index (χ0) is 13.8. The number of aliphatic hydroxyl groups is 1. The molecule has 0 spiro atoms. The SMILES string of the molecule is Cc1ccccc1OC(C)C(=O)N1CCC(O)CC1. The number of aryl methyl sites for hydroxylation is 1. The monoisotopic (exact) mass is 263 g/mol. The van der Waals surface area contributed by atoms with Crippen LogP contribution in [-0.2, 0) is 4.79 Å². The highest BCUT2D eigenvalue weighted by atomic mass is 16.5. The number of hydrogen-bond acceptors (Lipinski definition) is 3. The Bertz CT molecular complexity index is 439. The number of amides is 1. The molecule has 4 heteroatoms. The largest absolute Gasteiger partial charge is 0.481 e. The van der Waals surface area contributed by atoms with E-state index in [0.717, 1.165) is 11.3 Å². The second-order valence-electron chi connectivity index (χ2n) is 5.08. The summed E-state index contributed by atoms with van der Waals surface area (Å²) in [6.07, 6.45) is 0.555. The van der Waals surface area contributed by atoms with Gasteiger partial charge in [-0.25, -0.2) is 0 Å². The molecular weight excluding hydrogens is 242 g/mol. The fraction of sp³-hybridized carbons (Fsp3) is 0.533. The van der Waals surface area contributed by atoms with Crippen molar-refractivity contribution in [3.8, 4) is 5.75 Å². The van der Waals surface area contributed by atoms with E-state index in [1.54, 1.807) is 11.8 Å². The minimum absolute atomic E-state index is 0.00449. The van der Waals surface area contributed by atoms with Crippen LogP contribution in [0.1, 0.15) is 25.3 Å². The molecule has 0 saturated carbocycles. The van der Waals surface area contributed by atoms with Gasteiger partial charge in [-0.3, -0.25) is 4.79 Å². The van der Waals surface area contributed by atoms with Gasteiger partial charge in [0.2, 0.25) is 0 Å². The Hall–Kier alpha value is -1.55. The normalized spacial score (nSPS) is 18.2. The van der Waals surface area contributed by atoms with Crippen LogP contribution in [-0.4, -0.2) is 41.2 Å². The predicted octanol–water partition coefficient (Wildman–Crippen LogP) is 1.75. The van der Waals surface area contributed by atoms with Gasteiger partial charge in [-0.2, -0.15) is 0 Å². The van der Waals surface area contributed by atoms with Gasteiger partial charge in [0.25, 0.3) is 5.91 Å². The molecule has 0 bridgehead atoms. The van der Waals surface area contributed by atoms with Crippen molar-refractivity contribution in [1.82, 2.24) is 4.90 Å². The Morgan fingerprint density at radius 2 is 2.00 bits per heavy atom. The molecule has 4 nitrogen and oxygen atoms in total. The topological polar surface area (TPSA) is 49.8 Å². The lowest BCUT2D eigenvalue weighted by Gasteiger charge is -2.31. The van der Waals surface area contributed by atoms with Crippen LogP contribution in [0.15, 0.2) is 24.3 Å². The summed E-state index contributed by atoms with van der Waals surface area (Å²) in [5.74, 6) is 0.746. The maximum absolute atomic E-state index is 12.2. The van der Waals surface area contributed by atoms with E-state index < -0.39 is 6.10 Å². The summed E-state index contributed by atoms with van der Waals surface area (Å²) in [5, 5.41) is 9.45. The van der Waals surface area contributed by atoms with Gasteiger partial charge in [-0.05, 0) is 38.3 Å². The van der Waals surface area contributed by atoms with Gasteiger partial charge in [-0.1, -0.05) is 18.2 Å². The van der Waals surface area contributed by atoms with Crippen molar-refractivity contribution < 1.29 is 14.6 Å². The quantitative estimate of drug-likeness (QED) is 0.903. The Morgan fingerprint density at radius 1 is 1.37 bits per heavy atom. The Labute approximate surface area is 114 Å². The number of benzene rings is 1. The van der Waals surface area contributed by atoms with Crippen molar-refractivity contribution in [2.24, 2.45) is 0 Å². The average molecular weight is 263 g/mol. The molecule has 1 unspecified atom stereocenters. The molecule has 1 amide bonds. The van der Waals surface area contributed by atoms with Crippen LogP contribution in [0, 0.1) is 6.92 Å². The number of carbonyl (C=O) groups is 1. The lowest BCUT2D eigenvalue weighted by Crippen LogP contribution is -2.45. The van der Waals surface area contributed by atoms with Crippen LogP contribution in [0.3, 0.4) is 0 Å². The highest BCUT2D eigenvalue weighted by Gasteiger charge is 2.26. The summed E-state index contributed by atoms with van der Waals surface area (Å²) in [5.41, 5.74) is 1.02. The lowest BCUT2D eigenvalue weighted by molar-refractivity contribution is -0.139. The smallest absolute Gasteiger partial charge is 0.263 e. The molecule has 1 heterocycles. The summed E-state index contributed by atoms with van der Waals surface area (Å²) < 4.78 is 5.73. The van der Waals surface area contributed by atoms with Gasteiger partial charge >= 0.3 is 0 Å². The number of hydrogen-bond donors (Lipinski definition) is 1. The molecular formula is C15H21NO3. The van der Waals surface area contributed by atoms with Gasteiger partial charge in [0.1, 0.15) is 5.75 Å². The minimum atomic E-state index is -0.489. The summed E-state index contributed by atoms with van der Waals surface area (Å²) in [7, 11) is 0. The van der Waals surface area contributed by atoms with E-state index in [1.165, 1.54) is 0 Å². The van der Waals surface area contributed by atoms with Crippen molar-refractivity contribution in [2.75, 3.05) is 13.1 Å². The average Bonchev–Trinajstić information content (AvgIpc) is 2.41. The molecule has 1 saturated heterocycles. The molecule has 0 aromatic heterocycles. The van der Waals surface area contributed by atoms with E-state index in [1.807, 2.05) is 31.2 Å². The number of carbonyl (C=O) groups excluding carboxylic acids is 1. The van der Waals surface area contributed by atoms with Crippen LogP contribution in [0.25, 0.3) is 0 Å². The molecule has 1 aromatic rings. The highest BCUT2D eigenvalue weighted by molar-refractivity contribution is 5.81. The zero-order valence-electron chi connectivity index (χ0n) is 11.5. The first-order valence-electron chi connectivity index (χ1n) is 6.77. The van der Waals surface area contributed by atoms with Crippen molar-refractivity contribution in [2.45, 2.75) is 38.9 Å². The van der Waals surface area contributed by atoms with Gasteiger partial charge in [0.05, 0.1) is 6.10 Å². The number of likely N-dealkylation sites (tertiary alicyclic amines) is 1. The van der Waals surface area contributed by atoms with E-state index in [2.05, 4.69) is 0 Å². The molecule has 19 heavy (non-hydrogen) atoms. The fourth-order valence-corrected chi connectivity index (χ4v) is 2.27. The first kappa shape index (κ1) is 13.9. The van der Waals surface area contributed by atoms with Gasteiger partial charge in [-0.15, -0.1) is 0 Å². The highest BCUT2D eigenvalue weighted by Crippen LogP contribution is 2.19. The van der Waals surface area contributed by atoms with Gasteiger partial charge in [0, 0.05) is 13.1 Å². The molecule has 0 radical (unpaired) electrons. The van der Waals surface area contributed by atoms with E-state index in [-0.39, 0.29) is 12.0 Å². The maximum Gasteiger partial charge on any atom is 0.263 e. The molecule has 1 aliphatic heterocycles. The Kier molecular flexibility index (Phi) is 4.43. The number of nitrogens with zero attached hydrogens (tertiary/aromatic N) is 1. The number of para-hydroxylation sites is 1. The third-order valence-corrected chi connectivity index (χ3v) is 3.52. The van der Waals surface area contributed by atoms with Crippen LogP contribution in [0.2, 0.25) is 0 Å². The van der Waals surface area contributed by atoms with Crippen molar-refractivity contribution in [1.29, 1.82) is 0 Å². The zero-order valence-corrected chi connectivity index (χ0v) is 11.5. The number of aliphatic hydroxyl groups excluding tert-OH is 1. The van der Waals surface area contributed by atoms with Crippen LogP contribution >= 0.6 is 0 Å². The minimum Gasteiger partial charge on any atom is -0.481 e. The van der Waals surface area contributed by atoms with E-state index >= 15 is 0 Å². The molecule has 104 valence electrons. The predicted molar refractivity (Wildman–Crippen MR) is 73.1 cm³/mol. The molecule has 1 fully saturated rings. The van der Waals surface area contributed by atoms with Crippen molar-refractivity contribution >= 4 is 5.91 Å². The first-order chi connectivity index (χ1) is 9.08. The molecule has 1 aliphatic rings. The second kappa shape index (κ2) is 6.06. The molecule has 1 N–H and O–H groups in total. The standard InChI is InChI=1S/C15H21NO3/c1-11-5-3-4-6-14(11)19-12(2)15(18)16-9-7-13(17)8-10-16/h3-6,12-13,17H,7-10H2,1-2H3. The molecule has 1 aromatic carbocycles. The van der Waals surface area contributed by atoms with Crippen LogP contribution in [0.4, 0.5) is 0 Å². The summed E-state index contributed by atoms with van der Waals surface area (Å²) >= 11 is 0. The van der Waals surface area contributed by atoms with E-state index in [0.29, 0.717) is 25.9 Å². The Morgan fingerprint density at radius 3 is 2.63 bits per heavy atom. The lowest BCUT2D eigenvalue weighted by atomic mass is 10.1. The van der Waals surface area contributed by atoms with E-state index in [4.69, 9.17) is 4.74 Å². The molecule has 2 rings (SSSR count). The maximum atomic E-state index is 12.2. The van der Waals surface area contributed by atoms with Gasteiger partial charge < -0.3 is 14.7 Å². The third-order valence-electron chi connectivity index (χ3n) is 3.52. The summed E-state index contributed by atoms with van der Waals surface area (Å²) in [6, 6.07) is 7.68. The number of piperidine rings is 1. The fourth-order valence-electron chi connectivity index (χ4n) is 2.27. The van der Waals surface area contributed by atoms with Gasteiger partial charge in [0.15, 0.2) is 6.10 Å². The summed E-state index contributed by atoms with van der Waals surface area (Å²) in [4.78, 5) is 14.0. The molecule has 0 aliphatic carbocycles. The number of rotatable bonds is 3. The van der Waals surface area contributed by atoms with Crippen molar-refractivity contribution in [3.05, 3.63) is 29.8 Å². The third kappa shape index (κ3) is 3.47. The van der Waals surface area contributed by atoms with Crippen molar-refractivity contribution in [3.63, 3.8) is 0 Å². The van der Waals surface area contributed by atoms with Crippen LogP contribution in [0.5, 0.6) is 5.75 Å². The Balaban J connectivity index is 1.94. The number of ether oxygens (including phenoxy) is 1. The van der Waals surface area contributed by atoms with Crippen LogP contribution < -0.4 is 4.74 Å². The van der Waals surface area contributed by atoms with E-state index in [9.17, 15) is 9.90 Å². The second-order valence-corrected chi connectivity index (χ2v) is 5.08. The molecule has 1 atom stereocenters. The summed E-state index contributed by atoms with van der Waals surface area (Å²) in [6.45, 7) is 4.96.